The Morgan fingerprint density at radius 3 is 2.41 bits per heavy atom. The summed E-state index contributed by atoms with van der Waals surface area (Å²) in [4.78, 5) is 14.7. The van der Waals surface area contributed by atoms with Crippen molar-refractivity contribution >= 4 is 11.5 Å². The lowest BCUT2D eigenvalue weighted by Crippen LogP contribution is -2.36. The summed E-state index contributed by atoms with van der Waals surface area (Å²) in [7, 11) is 0. The van der Waals surface area contributed by atoms with Gasteiger partial charge >= 0.3 is 0 Å². The quantitative estimate of drug-likeness (QED) is 0.825. The molecule has 2 aromatic rings. The number of hydrogen-bond donors (Lipinski definition) is 0. The minimum atomic E-state index is 0.0973. The molecule has 0 aliphatic carbocycles. The molecule has 0 radical (unpaired) electrons. The number of carbonyl (C=O) groups is 1. The Balaban J connectivity index is 2.02. The van der Waals surface area contributed by atoms with Gasteiger partial charge in [-0.2, -0.15) is 0 Å². The summed E-state index contributed by atoms with van der Waals surface area (Å²) in [5, 5.41) is 0. The van der Waals surface area contributed by atoms with Crippen LogP contribution in [0.15, 0.2) is 72.8 Å². The molecular formula is C20H19NO. The standard InChI is InChI=1S/C20H19NO/c1-3-15(2)19-14-21(13-16-9-5-4-6-10-16)20(22)18-12-8-7-11-17(18)19/h3-12H,1,13-14H2,2H3/b19-15-. The first-order chi connectivity index (χ1) is 10.7. The van der Waals surface area contributed by atoms with Crippen LogP contribution < -0.4 is 0 Å². The molecule has 2 heteroatoms. The topological polar surface area (TPSA) is 20.3 Å². The second-order valence-corrected chi connectivity index (χ2v) is 5.56. The lowest BCUT2D eigenvalue weighted by molar-refractivity contribution is 0.0757. The summed E-state index contributed by atoms with van der Waals surface area (Å²) < 4.78 is 0. The normalized spacial score (nSPS) is 16.2. The van der Waals surface area contributed by atoms with Crippen LogP contribution in [-0.2, 0) is 6.54 Å². The molecule has 0 fully saturated rings. The number of fused-ring (bicyclic) bond motifs is 1. The first-order valence-corrected chi connectivity index (χ1v) is 7.45. The third-order valence-corrected chi connectivity index (χ3v) is 4.12. The zero-order valence-electron chi connectivity index (χ0n) is 12.8. The minimum absolute atomic E-state index is 0.0973. The zero-order chi connectivity index (χ0) is 15.5. The fraction of sp³-hybridized carbons (Fsp3) is 0.150. The van der Waals surface area contributed by atoms with Crippen molar-refractivity contribution in [1.29, 1.82) is 0 Å². The molecule has 0 aromatic heterocycles. The molecule has 110 valence electrons. The van der Waals surface area contributed by atoms with Crippen molar-refractivity contribution in [2.45, 2.75) is 13.5 Å². The maximum Gasteiger partial charge on any atom is 0.255 e. The second kappa shape index (κ2) is 6.02. The first-order valence-electron chi connectivity index (χ1n) is 7.45. The van der Waals surface area contributed by atoms with Crippen LogP contribution >= 0.6 is 0 Å². The van der Waals surface area contributed by atoms with E-state index in [1.807, 2.05) is 53.4 Å². The number of benzene rings is 2. The molecule has 0 unspecified atom stereocenters. The van der Waals surface area contributed by atoms with Crippen LogP contribution in [-0.4, -0.2) is 17.4 Å². The molecule has 1 heterocycles. The lowest BCUT2D eigenvalue weighted by Gasteiger charge is -2.31. The Bertz CT molecular complexity index is 743. The Hall–Kier alpha value is -2.61. The summed E-state index contributed by atoms with van der Waals surface area (Å²) in [6, 6.07) is 17.9. The van der Waals surface area contributed by atoms with Crippen LogP contribution in [0.25, 0.3) is 5.57 Å². The molecule has 0 N–H and O–H groups in total. The van der Waals surface area contributed by atoms with Crippen molar-refractivity contribution in [1.82, 2.24) is 4.90 Å². The van der Waals surface area contributed by atoms with Crippen molar-refractivity contribution in [3.63, 3.8) is 0 Å². The first kappa shape index (κ1) is 14.3. The molecule has 0 spiro atoms. The van der Waals surface area contributed by atoms with E-state index in [1.54, 1.807) is 0 Å². The molecular weight excluding hydrogens is 270 g/mol. The van der Waals surface area contributed by atoms with E-state index in [0.717, 1.165) is 22.3 Å². The molecule has 2 aromatic carbocycles. The Morgan fingerprint density at radius 1 is 1.09 bits per heavy atom. The van der Waals surface area contributed by atoms with Gasteiger partial charge in [0.2, 0.25) is 0 Å². The highest BCUT2D eigenvalue weighted by atomic mass is 16.2. The second-order valence-electron chi connectivity index (χ2n) is 5.56. The maximum absolute atomic E-state index is 12.8. The van der Waals surface area contributed by atoms with Gasteiger partial charge in [-0.3, -0.25) is 4.79 Å². The number of nitrogens with zero attached hydrogens (tertiary/aromatic N) is 1. The molecule has 22 heavy (non-hydrogen) atoms. The van der Waals surface area contributed by atoms with E-state index in [2.05, 4.69) is 25.6 Å². The fourth-order valence-electron chi connectivity index (χ4n) is 2.84. The van der Waals surface area contributed by atoms with E-state index in [4.69, 9.17) is 0 Å². The zero-order valence-corrected chi connectivity index (χ0v) is 12.8. The number of carbonyl (C=O) groups excluding carboxylic acids is 1. The summed E-state index contributed by atoms with van der Waals surface area (Å²) in [5.74, 6) is 0.0973. The average Bonchev–Trinajstić information content (AvgIpc) is 2.58. The predicted octanol–water partition coefficient (Wildman–Crippen LogP) is 4.30. The number of amides is 1. The highest BCUT2D eigenvalue weighted by molar-refractivity contribution is 6.03. The van der Waals surface area contributed by atoms with E-state index in [9.17, 15) is 4.79 Å². The van der Waals surface area contributed by atoms with E-state index >= 15 is 0 Å². The third kappa shape index (κ3) is 2.60. The molecule has 1 aliphatic rings. The summed E-state index contributed by atoms with van der Waals surface area (Å²) in [6.45, 7) is 7.18. The molecule has 1 aliphatic heterocycles. The van der Waals surface area contributed by atoms with Gasteiger partial charge in [0.15, 0.2) is 0 Å². The van der Waals surface area contributed by atoms with Gasteiger partial charge in [0.25, 0.3) is 5.91 Å². The monoisotopic (exact) mass is 289 g/mol. The van der Waals surface area contributed by atoms with Crippen LogP contribution in [0.4, 0.5) is 0 Å². The summed E-state index contributed by atoms with van der Waals surface area (Å²) >= 11 is 0. The third-order valence-electron chi connectivity index (χ3n) is 4.12. The average molecular weight is 289 g/mol. The smallest absolute Gasteiger partial charge is 0.255 e. The predicted molar refractivity (Wildman–Crippen MR) is 90.4 cm³/mol. The van der Waals surface area contributed by atoms with Gasteiger partial charge < -0.3 is 4.90 Å². The minimum Gasteiger partial charge on any atom is -0.330 e. The number of allylic oxidation sites excluding steroid dienone is 2. The number of hydrogen-bond acceptors (Lipinski definition) is 1. The van der Waals surface area contributed by atoms with Gasteiger partial charge in [0, 0.05) is 18.7 Å². The highest BCUT2D eigenvalue weighted by Gasteiger charge is 2.27. The molecule has 1 amide bonds. The fourth-order valence-corrected chi connectivity index (χ4v) is 2.84. The highest BCUT2D eigenvalue weighted by Crippen LogP contribution is 2.30. The molecule has 3 rings (SSSR count). The van der Waals surface area contributed by atoms with E-state index < -0.39 is 0 Å². The van der Waals surface area contributed by atoms with Crippen molar-refractivity contribution in [3.8, 4) is 0 Å². The molecule has 0 saturated carbocycles. The largest absolute Gasteiger partial charge is 0.330 e. The van der Waals surface area contributed by atoms with Crippen LogP contribution in [0.5, 0.6) is 0 Å². The Labute approximate surface area is 131 Å². The number of rotatable bonds is 3. The van der Waals surface area contributed by atoms with Gasteiger partial charge in [-0.25, -0.2) is 0 Å². The van der Waals surface area contributed by atoms with Crippen LogP contribution in [0.3, 0.4) is 0 Å². The van der Waals surface area contributed by atoms with Crippen LogP contribution in [0.2, 0.25) is 0 Å². The van der Waals surface area contributed by atoms with Crippen LogP contribution in [0.1, 0.15) is 28.4 Å². The van der Waals surface area contributed by atoms with Gasteiger partial charge in [0.05, 0.1) is 0 Å². The van der Waals surface area contributed by atoms with E-state index in [-0.39, 0.29) is 5.91 Å². The molecule has 2 nitrogen and oxygen atoms in total. The lowest BCUT2D eigenvalue weighted by atomic mass is 9.91. The molecule has 0 atom stereocenters. The molecule has 0 saturated heterocycles. The van der Waals surface area contributed by atoms with Crippen molar-refractivity contribution in [2.24, 2.45) is 0 Å². The Kier molecular flexibility index (Phi) is 3.92. The van der Waals surface area contributed by atoms with Gasteiger partial charge in [-0.15, -0.1) is 0 Å². The van der Waals surface area contributed by atoms with Gasteiger partial charge in [-0.05, 0) is 35.3 Å². The maximum atomic E-state index is 12.8. The van der Waals surface area contributed by atoms with Crippen molar-refractivity contribution in [3.05, 3.63) is 89.5 Å². The van der Waals surface area contributed by atoms with Gasteiger partial charge in [0.1, 0.15) is 0 Å². The SMILES string of the molecule is C=C/C(C)=C1/CN(Cc2ccccc2)C(=O)c2ccccc21. The van der Waals surface area contributed by atoms with E-state index in [0.29, 0.717) is 13.1 Å². The van der Waals surface area contributed by atoms with Crippen LogP contribution in [0, 0.1) is 0 Å². The molecule has 0 bridgehead atoms. The van der Waals surface area contributed by atoms with Gasteiger partial charge in [-0.1, -0.05) is 61.2 Å². The van der Waals surface area contributed by atoms with E-state index in [1.165, 1.54) is 5.57 Å². The Morgan fingerprint density at radius 2 is 1.73 bits per heavy atom. The summed E-state index contributed by atoms with van der Waals surface area (Å²) in [5.41, 5.74) is 5.26. The van der Waals surface area contributed by atoms with Crippen molar-refractivity contribution < 1.29 is 4.79 Å². The van der Waals surface area contributed by atoms with Crippen molar-refractivity contribution in [2.75, 3.05) is 6.54 Å². The summed E-state index contributed by atoms with van der Waals surface area (Å²) in [6.07, 6.45) is 1.86.